The first-order valence-corrected chi connectivity index (χ1v) is 6.28. The van der Waals surface area contributed by atoms with Crippen LogP contribution in [0.1, 0.15) is 59.3 Å². The van der Waals surface area contributed by atoms with Crippen molar-refractivity contribution < 1.29 is 4.79 Å². The number of amides is 1. The summed E-state index contributed by atoms with van der Waals surface area (Å²) in [5, 5.41) is 3.01. The van der Waals surface area contributed by atoms with Gasteiger partial charge in [-0.1, -0.05) is 46.5 Å². The zero-order valence-corrected chi connectivity index (χ0v) is 10.4. The van der Waals surface area contributed by atoms with Gasteiger partial charge in [0.05, 0.1) is 0 Å². The van der Waals surface area contributed by atoms with E-state index in [4.69, 9.17) is 0 Å². The predicted octanol–water partition coefficient (Wildman–Crippen LogP) is 3.12. The zero-order valence-electron chi connectivity index (χ0n) is 10.4. The Hall–Kier alpha value is -0.530. The molecule has 1 rings (SSSR count). The van der Waals surface area contributed by atoms with Crippen molar-refractivity contribution in [2.45, 2.75) is 59.3 Å². The minimum absolute atomic E-state index is 0.175. The maximum Gasteiger partial charge on any atom is 0.225 e. The molecule has 1 saturated carbocycles. The first-order chi connectivity index (χ1) is 7.00. The Balaban J connectivity index is 2.03. The number of hydrogen-bond donors (Lipinski definition) is 1. The van der Waals surface area contributed by atoms with E-state index in [0.717, 1.165) is 18.9 Å². The van der Waals surface area contributed by atoms with E-state index in [0.29, 0.717) is 0 Å². The molecule has 88 valence electrons. The van der Waals surface area contributed by atoms with Gasteiger partial charge >= 0.3 is 0 Å². The normalized spacial score (nSPS) is 18.1. The maximum absolute atomic E-state index is 11.5. The van der Waals surface area contributed by atoms with Gasteiger partial charge < -0.3 is 5.32 Å². The van der Waals surface area contributed by atoms with E-state index in [2.05, 4.69) is 5.32 Å². The van der Waals surface area contributed by atoms with Crippen LogP contribution >= 0.6 is 0 Å². The van der Waals surface area contributed by atoms with Crippen LogP contribution < -0.4 is 5.32 Å². The van der Waals surface area contributed by atoms with Crippen molar-refractivity contribution in [3.63, 3.8) is 0 Å². The van der Waals surface area contributed by atoms with E-state index in [1.54, 1.807) is 0 Å². The lowest BCUT2D eigenvalue weighted by atomic mass is 9.95. The zero-order chi connectivity index (χ0) is 11.3. The second-order valence-corrected chi connectivity index (χ2v) is 5.80. The van der Waals surface area contributed by atoms with Crippen LogP contribution in [-0.2, 0) is 4.79 Å². The van der Waals surface area contributed by atoms with Crippen LogP contribution in [0.2, 0.25) is 0 Å². The summed E-state index contributed by atoms with van der Waals surface area (Å²) in [6, 6.07) is 0. The average molecular weight is 211 g/mol. The van der Waals surface area contributed by atoms with E-state index in [1.807, 2.05) is 20.8 Å². The lowest BCUT2D eigenvalue weighted by Crippen LogP contribution is -2.35. The molecule has 1 fully saturated rings. The van der Waals surface area contributed by atoms with Crippen LogP contribution in [0.4, 0.5) is 0 Å². The van der Waals surface area contributed by atoms with Crippen LogP contribution in [0.5, 0.6) is 0 Å². The second-order valence-electron chi connectivity index (χ2n) is 5.80. The summed E-state index contributed by atoms with van der Waals surface area (Å²) in [4.78, 5) is 11.5. The molecule has 0 aromatic rings. The van der Waals surface area contributed by atoms with Crippen molar-refractivity contribution in [2.75, 3.05) is 6.54 Å². The van der Waals surface area contributed by atoms with Crippen LogP contribution in [0.25, 0.3) is 0 Å². The number of nitrogens with one attached hydrogen (secondary N) is 1. The molecule has 0 aromatic carbocycles. The molecule has 0 spiro atoms. The van der Waals surface area contributed by atoms with Gasteiger partial charge in [-0.15, -0.1) is 0 Å². The van der Waals surface area contributed by atoms with Crippen molar-refractivity contribution in [1.29, 1.82) is 0 Å². The van der Waals surface area contributed by atoms with Crippen LogP contribution in [0, 0.1) is 11.3 Å². The molecule has 0 aromatic heterocycles. The summed E-state index contributed by atoms with van der Waals surface area (Å²) in [5.41, 5.74) is -0.243. The maximum atomic E-state index is 11.5. The van der Waals surface area contributed by atoms with Crippen LogP contribution in [0.3, 0.4) is 0 Å². The quantitative estimate of drug-likeness (QED) is 0.711. The summed E-state index contributed by atoms with van der Waals surface area (Å²) in [7, 11) is 0. The molecule has 1 aliphatic rings. The minimum Gasteiger partial charge on any atom is -0.356 e. The Bertz CT molecular complexity index is 199. The summed E-state index contributed by atoms with van der Waals surface area (Å²) in [6.45, 7) is 6.73. The highest BCUT2D eigenvalue weighted by molar-refractivity contribution is 5.81. The lowest BCUT2D eigenvalue weighted by Gasteiger charge is -2.18. The van der Waals surface area contributed by atoms with Gasteiger partial charge in [0.15, 0.2) is 0 Å². The van der Waals surface area contributed by atoms with Crippen molar-refractivity contribution in [3.8, 4) is 0 Å². The largest absolute Gasteiger partial charge is 0.356 e. The molecule has 2 nitrogen and oxygen atoms in total. The van der Waals surface area contributed by atoms with Crippen molar-refractivity contribution in [2.24, 2.45) is 11.3 Å². The van der Waals surface area contributed by atoms with Gasteiger partial charge in [0.1, 0.15) is 0 Å². The van der Waals surface area contributed by atoms with Gasteiger partial charge in [-0.25, -0.2) is 0 Å². The molecule has 2 heteroatoms. The molecule has 0 saturated heterocycles. The summed E-state index contributed by atoms with van der Waals surface area (Å²) < 4.78 is 0. The molecule has 0 atom stereocenters. The predicted molar refractivity (Wildman–Crippen MR) is 63.7 cm³/mol. The Kier molecular flexibility index (Phi) is 4.62. The summed E-state index contributed by atoms with van der Waals surface area (Å²) in [5.74, 6) is 1.12. The SMILES string of the molecule is CC(C)(C)C(=O)NCCCC1CCCC1. The number of carbonyl (C=O) groups excluding carboxylic acids is 1. The van der Waals surface area contributed by atoms with E-state index in [-0.39, 0.29) is 11.3 Å². The molecule has 0 bridgehead atoms. The fraction of sp³-hybridized carbons (Fsp3) is 0.923. The lowest BCUT2D eigenvalue weighted by molar-refractivity contribution is -0.128. The fourth-order valence-corrected chi connectivity index (χ4v) is 2.16. The van der Waals surface area contributed by atoms with Gasteiger partial charge in [0.2, 0.25) is 5.91 Å². The molecular weight excluding hydrogens is 186 g/mol. The highest BCUT2D eigenvalue weighted by Gasteiger charge is 2.20. The molecule has 0 unspecified atom stereocenters. The Labute approximate surface area is 93.8 Å². The fourth-order valence-electron chi connectivity index (χ4n) is 2.16. The average Bonchev–Trinajstić information content (AvgIpc) is 2.63. The van der Waals surface area contributed by atoms with Gasteiger partial charge in [-0.2, -0.15) is 0 Å². The van der Waals surface area contributed by atoms with Gasteiger partial charge in [0, 0.05) is 12.0 Å². The third-order valence-electron chi connectivity index (χ3n) is 3.23. The Morgan fingerprint density at radius 1 is 1.27 bits per heavy atom. The molecule has 0 heterocycles. The topological polar surface area (TPSA) is 29.1 Å². The van der Waals surface area contributed by atoms with Crippen molar-refractivity contribution in [1.82, 2.24) is 5.32 Å². The molecule has 1 N–H and O–H groups in total. The first kappa shape index (κ1) is 12.5. The number of rotatable bonds is 4. The monoisotopic (exact) mass is 211 g/mol. The standard InChI is InChI=1S/C13H25NO/c1-13(2,3)12(15)14-10-6-9-11-7-4-5-8-11/h11H,4-10H2,1-3H3,(H,14,15). The Morgan fingerprint density at radius 3 is 2.40 bits per heavy atom. The first-order valence-electron chi connectivity index (χ1n) is 6.28. The van der Waals surface area contributed by atoms with E-state index in [1.165, 1.54) is 32.1 Å². The van der Waals surface area contributed by atoms with Gasteiger partial charge in [0.25, 0.3) is 0 Å². The molecule has 0 aliphatic heterocycles. The molecule has 0 radical (unpaired) electrons. The van der Waals surface area contributed by atoms with E-state index < -0.39 is 0 Å². The minimum atomic E-state index is -0.243. The Morgan fingerprint density at radius 2 is 1.87 bits per heavy atom. The third-order valence-corrected chi connectivity index (χ3v) is 3.23. The molecule has 15 heavy (non-hydrogen) atoms. The smallest absolute Gasteiger partial charge is 0.225 e. The van der Waals surface area contributed by atoms with Crippen LogP contribution in [0.15, 0.2) is 0 Å². The van der Waals surface area contributed by atoms with E-state index in [9.17, 15) is 4.79 Å². The molecule has 1 aliphatic carbocycles. The van der Waals surface area contributed by atoms with Gasteiger partial charge in [-0.05, 0) is 18.8 Å². The van der Waals surface area contributed by atoms with Crippen molar-refractivity contribution >= 4 is 5.91 Å². The highest BCUT2D eigenvalue weighted by atomic mass is 16.2. The molecule has 1 amide bonds. The molecular formula is C13H25NO. The van der Waals surface area contributed by atoms with E-state index >= 15 is 0 Å². The van der Waals surface area contributed by atoms with Crippen molar-refractivity contribution in [3.05, 3.63) is 0 Å². The highest BCUT2D eigenvalue weighted by Crippen LogP contribution is 2.28. The summed E-state index contributed by atoms with van der Waals surface area (Å²) in [6.07, 6.45) is 8.09. The third kappa shape index (κ3) is 4.67. The summed E-state index contributed by atoms with van der Waals surface area (Å²) >= 11 is 0. The van der Waals surface area contributed by atoms with Gasteiger partial charge in [-0.3, -0.25) is 4.79 Å². The second kappa shape index (κ2) is 5.53. The van der Waals surface area contributed by atoms with Crippen LogP contribution in [-0.4, -0.2) is 12.5 Å². The number of carbonyl (C=O) groups is 1. The number of hydrogen-bond acceptors (Lipinski definition) is 1.